The summed E-state index contributed by atoms with van der Waals surface area (Å²) in [5.41, 5.74) is 3.68. The topological polar surface area (TPSA) is 50.3 Å². The molecule has 0 aliphatic rings. The van der Waals surface area contributed by atoms with E-state index in [0.717, 1.165) is 27.9 Å². The van der Waals surface area contributed by atoms with Crippen LogP contribution in [0.1, 0.15) is 11.3 Å². The van der Waals surface area contributed by atoms with Crippen molar-refractivity contribution in [1.82, 2.24) is 9.97 Å². The highest BCUT2D eigenvalue weighted by Crippen LogP contribution is 2.17. The van der Waals surface area contributed by atoms with Gasteiger partial charge in [0.15, 0.2) is 0 Å². The Balaban J connectivity index is 0.00000147. The number of aromatic nitrogens is 2. The molecule has 0 saturated carbocycles. The number of rotatable bonds is 3. The van der Waals surface area contributed by atoms with Crippen LogP contribution in [0.25, 0.3) is 10.9 Å². The van der Waals surface area contributed by atoms with Gasteiger partial charge in [0, 0.05) is 17.1 Å². The van der Waals surface area contributed by atoms with Crippen LogP contribution < -0.4 is 0 Å². The van der Waals surface area contributed by atoms with Gasteiger partial charge in [0.2, 0.25) is 0 Å². The van der Waals surface area contributed by atoms with Gasteiger partial charge in [0.05, 0.1) is 17.4 Å². The molecule has 0 spiro atoms. The summed E-state index contributed by atoms with van der Waals surface area (Å²) in [6, 6.07) is 13.9. The molecule has 0 saturated heterocycles. The predicted molar refractivity (Wildman–Crippen MR) is 82.4 cm³/mol. The van der Waals surface area contributed by atoms with Gasteiger partial charge in [-0.25, -0.2) is 0 Å². The maximum atomic E-state index is 4.96. The van der Waals surface area contributed by atoms with Crippen LogP contribution in [-0.2, 0) is 4.84 Å². The Hall–Kier alpha value is -2.33. The first kappa shape index (κ1) is 14.1. The fourth-order valence-electron chi connectivity index (χ4n) is 2.04. The molecule has 0 bridgehead atoms. The maximum absolute atomic E-state index is 4.96. The van der Waals surface area contributed by atoms with E-state index < -0.39 is 0 Å². The molecule has 0 radical (unpaired) electrons. The van der Waals surface area contributed by atoms with Crippen LogP contribution in [0.2, 0.25) is 0 Å². The lowest BCUT2D eigenvalue weighted by Gasteiger charge is -2.03. The second-order valence-corrected chi connectivity index (χ2v) is 4.13. The Bertz CT molecular complexity index is 689. The summed E-state index contributed by atoms with van der Waals surface area (Å²) in [4.78, 5) is 12.4. The van der Waals surface area contributed by atoms with E-state index >= 15 is 0 Å². The molecule has 1 aromatic carbocycles. The van der Waals surface area contributed by atoms with Crippen LogP contribution in [0.15, 0.2) is 60.0 Å². The van der Waals surface area contributed by atoms with Gasteiger partial charge in [-0.2, -0.15) is 0 Å². The zero-order valence-corrected chi connectivity index (χ0v) is 11.7. The highest BCUT2D eigenvalue weighted by Gasteiger charge is 2.10. The lowest BCUT2D eigenvalue weighted by Crippen LogP contribution is -2.04. The van der Waals surface area contributed by atoms with Crippen molar-refractivity contribution in [1.29, 1.82) is 0 Å². The summed E-state index contributed by atoms with van der Waals surface area (Å²) < 4.78 is 0. The minimum atomic E-state index is 0. The van der Waals surface area contributed by atoms with Crippen molar-refractivity contribution >= 4 is 29.0 Å². The number of aromatic amines is 1. The summed E-state index contributed by atoms with van der Waals surface area (Å²) in [5.74, 6) is 0. The maximum Gasteiger partial charge on any atom is 0.133 e. The first-order valence-corrected chi connectivity index (χ1v) is 5.98. The Labute approximate surface area is 122 Å². The van der Waals surface area contributed by atoms with Gasteiger partial charge in [0.25, 0.3) is 0 Å². The molecule has 20 heavy (non-hydrogen) atoms. The molecule has 5 heteroatoms. The Morgan fingerprint density at radius 2 is 2.00 bits per heavy atom. The number of fused-ring (bicyclic) bond motifs is 1. The average Bonchev–Trinajstić information content (AvgIpc) is 2.89. The summed E-state index contributed by atoms with van der Waals surface area (Å²) in [6.45, 7) is 0. The molecule has 3 rings (SSSR count). The fraction of sp³-hybridized carbons (Fsp3) is 0.0667. The van der Waals surface area contributed by atoms with E-state index in [4.69, 9.17) is 4.84 Å². The van der Waals surface area contributed by atoms with Crippen molar-refractivity contribution in [3.05, 3.63) is 66.1 Å². The number of nitrogens with zero attached hydrogens (tertiary/aromatic N) is 2. The highest BCUT2D eigenvalue weighted by atomic mass is 35.5. The molecule has 1 N–H and O–H groups in total. The number of H-pyrrole nitrogens is 1. The second-order valence-electron chi connectivity index (χ2n) is 4.13. The van der Waals surface area contributed by atoms with Crippen molar-refractivity contribution in [3.63, 3.8) is 0 Å². The molecule has 102 valence electrons. The van der Waals surface area contributed by atoms with Crippen molar-refractivity contribution in [2.24, 2.45) is 5.16 Å². The molecule has 2 heterocycles. The summed E-state index contributed by atoms with van der Waals surface area (Å²) in [5, 5.41) is 5.23. The fourth-order valence-corrected chi connectivity index (χ4v) is 2.04. The van der Waals surface area contributed by atoms with Crippen LogP contribution in [0, 0.1) is 0 Å². The summed E-state index contributed by atoms with van der Waals surface area (Å²) >= 11 is 0. The lowest BCUT2D eigenvalue weighted by molar-refractivity contribution is 0.214. The van der Waals surface area contributed by atoms with E-state index in [-0.39, 0.29) is 12.4 Å². The minimum absolute atomic E-state index is 0. The van der Waals surface area contributed by atoms with Crippen molar-refractivity contribution < 1.29 is 4.84 Å². The van der Waals surface area contributed by atoms with Crippen LogP contribution in [-0.4, -0.2) is 22.8 Å². The number of nitrogens with one attached hydrogen (secondary N) is 1. The van der Waals surface area contributed by atoms with Crippen LogP contribution >= 0.6 is 12.4 Å². The first-order chi connectivity index (χ1) is 9.38. The van der Waals surface area contributed by atoms with Crippen molar-refractivity contribution in [3.8, 4) is 0 Å². The van der Waals surface area contributed by atoms with Crippen LogP contribution in [0.5, 0.6) is 0 Å². The molecule has 0 unspecified atom stereocenters. The van der Waals surface area contributed by atoms with Crippen LogP contribution in [0.4, 0.5) is 0 Å². The zero-order chi connectivity index (χ0) is 13.1. The monoisotopic (exact) mass is 287 g/mol. The van der Waals surface area contributed by atoms with Gasteiger partial charge in [-0.15, -0.1) is 12.4 Å². The second kappa shape index (κ2) is 6.21. The molecule has 0 amide bonds. The van der Waals surface area contributed by atoms with Gasteiger partial charge in [0.1, 0.15) is 12.8 Å². The van der Waals surface area contributed by atoms with Gasteiger partial charge >= 0.3 is 0 Å². The van der Waals surface area contributed by atoms with Gasteiger partial charge in [-0.3, -0.25) is 4.98 Å². The van der Waals surface area contributed by atoms with E-state index in [1.54, 1.807) is 19.5 Å². The van der Waals surface area contributed by atoms with Crippen molar-refractivity contribution in [2.75, 3.05) is 7.11 Å². The zero-order valence-electron chi connectivity index (χ0n) is 10.9. The van der Waals surface area contributed by atoms with E-state index in [2.05, 4.69) is 15.1 Å². The summed E-state index contributed by atoms with van der Waals surface area (Å²) in [6.07, 6.45) is 3.57. The Morgan fingerprint density at radius 1 is 1.20 bits per heavy atom. The third-order valence-corrected chi connectivity index (χ3v) is 2.91. The average molecular weight is 288 g/mol. The predicted octanol–water partition coefficient (Wildman–Crippen LogP) is 3.38. The SMILES string of the molecule is CON=C(c1ccccc1)c1cc2ccncc2[nH]1.Cl. The number of oxime groups is 1. The number of benzene rings is 1. The smallest absolute Gasteiger partial charge is 0.133 e. The number of hydrogen-bond donors (Lipinski definition) is 1. The van der Waals surface area contributed by atoms with Crippen LogP contribution in [0.3, 0.4) is 0 Å². The van der Waals surface area contributed by atoms with Gasteiger partial charge in [-0.1, -0.05) is 35.5 Å². The molecule has 0 aliphatic carbocycles. The lowest BCUT2D eigenvalue weighted by atomic mass is 10.1. The number of pyridine rings is 1. The van der Waals surface area contributed by atoms with Gasteiger partial charge in [-0.05, 0) is 12.1 Å². The standard InChI is InChI=1S/C15H13N3O.ClH/c1-19-18-15(11-5-3-2-4-6-11)13-9-12-7-8-16-10-14(12)17-13;/h2-10,17H,1H3;1H. The number of halogens is 1. The quantitative estimate of drug-likeness (QED) is 0.593. The van der Waals surface area contributed by atoms with E-state index in [1.165, 1.54) is 0 Å². The normalized spacial score (nSPS) is 11.2. The molecule has 3 aromatic rings. The Kier molecular flexibility index (Phi) is 4.38. The first-order valence-electron chi connectivity index (χ1n) is 5.98. The third kappa shape index (κ3) is 2.65. The molecular formula is C15H14ClN3O. The third-order valence-electron chi connectivity index (χ3n) is 2.91. The molecule has 4 nitrogen and oxygen atoms in total. The molecule has 0 atom stereocenters. The van der Waals surface area contributed by atoms with Crippen molar-refractivity contribution in [2.45, 2.75) is 0 Å². The molecule has 0 aliphatic heterocycles. The highest BCUT2D eigenvalue weighted by molar-refractivity contribution is 6.13. The molecular weight excluding hydrogens is 274 g/mol. The summed E-state index contributed by atoms with van der Waals surface area (Å²) in [7, 11) is 1.55. The Morgan fingerprint density at radius 3 is 2.70 bits per heavy atom. The van der Waals surface area contributed by atoms with E-state index in [1.807, 2.05) is 42.5 Å². The van der Waals surface area contributed by atoms with E-state index in [9.17, 15) is 0 Å². The van der Waals surface area contributed by atoms with Gasteiger partial charge < -0.3 is 9.82 Å². The largest absolute Gasteiger partial charge is 0.399 e. The molecule has 2 aromatic heterocycles. The molecule has 0 fully saturated rings. The minimum Gasteiger partial charge on any atom is -0.399 e. The van der Waals surface area contributed by atoms with E-state index in [0.29, 0.717) is 0 Å². The number of hydrogen-bond acceptors (Lipinski definition) is 3.